The zero-order chi connectivity index (χ0) is 16.2. The predicted molar refractivity (Wildman–Crippen MR) is 88.9 cm³/mol. The monoisotopic (exact) mass is 316 g/mol. The van der Waals surface area contributed by atoms with E-state index in [1.165, 1.54) is 0 Å². The van der Waals surface area contributed by atoms with Gasteiger partial charge in [0.2, 0.25) is 5.91 Å². The highest BCUT2D eigenvalue weighted by molar-refractivity contribution is 5.94. The van der Waals surface area contributed by atoms with Crippen molar-refractivity contribution < 1.29 is 9.59 Å². The number of rotatable bonds is 4. The lowest BCUT2D eigenvalue weighted by Gasteiger charge is -2.20. The van der Waals surface area contributed by atoms with E-state index in [1.54, 1.807) is 24.3 Å². The van der Waals surface area contributed by atoms with Gasteiger partial charge in [-0.05, 0) is 49.4 Å². The highest BCUT2D eigenvalue weighted by atomic mass is 16.2. The van der Waals surface area contributed by atoms with Gasteiger partial charge in [0.15, 0.2) is 0 Å². The maximum absolute atomic E-state index is 12.3. The van der Waals surface area contributed by atoms with E-state index in [4.69, 9.17) is 5.73 Å². The van der Waals surface area contributed by atoms with Gasteiger partial charge >= 0.3 is 0 Å². The standard InChI is InChI=1S/C17H24N4O2/c18-14-5-3-13(4-6-14)16(22)20-11-12-9-15(19-10-12)17(23)21-7-1-2-8-21/h3-6,12,15,19H,1-2,7-11,18H2,(H,20,22)/t12?,15-/m0/s1. The molecule has 2 aliphatic heterocycles. The van der Waals surface area contributed by atoms with Crippen LogP contribution in [-0.2, 0) is 4.79 Å². The van der Waals surface area contributed by atoms with Crippen LogP contribution in [0, 0.1) is 5.92 Å². The summed E-state index contributed by atoms with van der Waals surface area (Å²) in [5.41, 5.74) is 6.87. The molecule has 2 aliphatic rings. The van der Waals surface area contributed by atoms with Crippen LogP contribution in [0.25, 0.3) is 0 Å². The lowest BCUT2D eigenvalue weighted by Crippen LogP contribution is -2.42. The fraction of sp³-hybridized carbons (Fsp3) is 0.529. The van der Waals surface area contributed by atoms with Crippen molar-refractivity contribution in [1.29, 1.82) is 0 Å². The van der Waals surface area contributed by atoms with E-state index in [1.807, 2.05) is 4.90 Å². The van der Waals surface area contributed by atoms with Gasteiger partial charge < -0.3 is 21.3 Å². The largest absolute Gasteiger partial charge is 0.399 e. The van der Waals surface area contributed by atoms with Gasteiger partial charge in [-0.3, -0.25) is 9.59 Å². The van der Waals surface area contributed by atoms with Gasteiger partial charge in [-0.15, -0.1) is 0 Å². The Hall–Kier alpha value is -2.08. The van der Waals surface area contributed by atoms with Crippen LogP contribution in [0.5, 0.6) is 0 Å². The van der Waals surface area contributed by atoms with Crippen LogP contribution < -0.4 is 16.4 Å². The van der Waals surface area contributed by atoms with Crippen LogP contribution in [0.15, 0.2) is 24.3 Å². The molecule has 1 aromatic carbocycles. The Labute approximate surface area is 136 Å². The average molecular weight is 316 g/mol. The molecule has 2 saturated heterocycles. The van der Waals surface area contributed by atoms with E-state index in [9.17, 15) is 9.59 Å². The van der Waals surface area contributed by atoms with Gasteiger partial charge in [0.05, 0.1) is 6.04 Å². The predicted octanol–water partition coefficient (Wildman–Crippen LogP) is 0.599. The molecule has 6 nitrogen and oxygen atoms in total. The first-order valence-electron chi connectivity index (χ1n) is 8.29. The zero-order valence-corrected chi connectivity index (χ0v) is 13.3. The Bertz CT molecular complexity index is 566. The molecule has 124 valence electrons. The molecule has 0 saturated carbocycles. The Balaban J connectivity index is 1.45. The molecule has 0 aliphatic carbocycles. The normalized spacial score (nSPS) is 23.9. The molecule has 0 bridgehead atoms. The van der Waals surface area contributed by atoms with E-state index in [0.717, 1.165) is 38.9 Å². The third-order valence-electron chi connectivity index (χ3n) is 4.66. The number of benzene rings is 1. The highest BCUT2D eigenvalue weighted by Crippen LogP contribution is 2.18. The number of hydrogen-bond acceptors (Lipinski definition) is 4. The minimum Gasteiger partial charge on any atom is -0.399 e. The van der Waals surface area contributed by atoms with Crippen molar-refractivity contribution in [2.45, 2.75) is 25.3 Å². The number of carbonyl (C=O) groups is 2. The summed E-state index contributed by atoms with van der Waals surface area (Å²) in [7, 11) is 0. The quantitative estimate of drug-likeness (QED) is 0.710. The minimum absolute atomic E-state index is 0.0912. The summed E-state index contributed by atoms with van der Waals surface area (Å²) >= 11 is 0. The van der Waals surface area contributed by atoms with Crippen LogP contribution in [0.1, 0.15) is 29.6 Å². The van der Waals surface area contributed by atoms with Crippen LogP contribution in [0.2, 0.25) is 0 Å². The minimum atomic E-state index is -0.0979. The Morgan fingerprint density at radius 2 is 1.91 bits per heavy atom. The van der Waals surface area contributed by atoms with E-state index < -0.39 is 0 Å². The van der Waals surface area contributed by atoms with E-state index in [-0.39, 0.29) is 17.9 Å². The Morgan fingerprint density at radius 3 is 2.61 bits per heavy atom. The molecule has 1 aromatic rings. The second kappa shape index (κ2) is 7.00. The van der Waals surface area contributed by atoms with Crippen LogP contribution in [0.3, 0.4) is 0 Å². The molecule has 3 rings (SSSR count). The SMILES string of the molecule is Nc1ccc(C(=O)NCC2CN[C@H](C(=O)N3CCCC3)C2)cc1. The number of hydrogen-bond donors (Lipinski definition) is 3. The molecule has 2 fully saturated rings. The number of anilines is 1. The lowest BCUT2D eigenvalue weighted by atomic mass is 10.0. The summed E-state index contributed by atoms with van der Waals surface area (Å²) in [6.07, 6.45) is 3.01. The molecular weight excluding hydrogens is 292 g/mol. The fourth-order valence-electron chi connectivity index (χ4n) is 3.28. The number of nitrogen functional groups attached to an aromatic ring is 1. The molecule has 23 heavy (non-hydrogen) atoms. The van der Waals surface area contributed by atoms with Gasteiger partial charge in [-0.2, -0.15) is 0 Å². The summed E-state index contributed by atoms with van der Waals surface area (Å²) in [6, 6.07) is 6.79. The summed E-state index contributed by atoms with van der Waals surface area (Å²) in [5, 5.41) is 6.24. The van der Waals surface area contributed by atoms with Crippen LogP contribution >= 0.6 is 0 Å². The van der Waals surface area contributed by atoms with Gasteiger partial charge in [0, 0.05) is 37.4 Å². The molecule has 0 aromatic heterocycles. The van der Waals surface area contributed by atoms with Crippen LogP contribution in [0.4, 0.5) is 5.69 Å². The summed E-state index contributed by atoms with van der Waals surface area (Å²) < 4.78 is 0. The van der Waals surface area contributed by atoms with E-state index >= 15 is 0 Å². The smallest absolute Gasteiger partial charge is 0.251 e. The first kappa shape index (κ1) is 15.8. The summed E-state index contributed by atoms with van der Waals surface area (Å²) in [6.45, 7) is 3.12. The number of carbonyl (C=O) groups excluding carboxylic acids is 2. The number of nitrogens with one attached hydrogen (secondary N) is 2. The van der Waals surface area contributed by atoms with Crippen molar-refractivity contribution in [3.05, 3.63) is 29.8 Å². The molecule has 1 unspecified atom stereocenters. The van der Waals surface area contributed by atoms with Crippen molar-refractivity contribution >= 4 is 17.5 Å². The molecule has 6 heteroatoms. The molecule has 0 radical (unpaired) electrons. The molecule has 4 N–H and O–H groups in total. The van der Waals surface area contributed by atoms with Crippen molar-refractivity contribution in [2.24, 2.45) is 5.92 Å². The van der Waals surface area contributed by atoms with E-state index in [2.05, 4.69) is 10.6 Å². The molecule has 2 atom stereocenters. The third kappa shape index (κ3) is 3.82. The van der Waals surface area contributed by atoms with Gasteiger partial charge in [0.1, 0.15) is 0 Å². The lowest BCUT2D eigenvalue weighted by molar-refractivity contribution is -0.132. The zero-order valence-electron chi connectivity index (χ0n) is 13.3. The average Bonchev–Trinajstić information content (AvgIpc) is 3.24. The second-order valence-corrected chi connectivity index (χ2v) is 6.43. The second-order valence-electron chi connectivity index (χ2n) is 6.43. The number of nitrogens with zero attached hydrogens (tertiary/aromatic N) is 1. The topological polar surface area (TPSA) is 87.5 Å². The van der Waals surface area contributed by atoms with Crippen LogP contribution in [-0.4, -0.2) is 48.9 Å². The number of nitrogens with two attached hydrogens (primary N) is 1. The first-order chi connectivity index (χ1) is 11.1. The first-order valence-corrected chi connectivity index (χ1v) is 8.29. The maximum Gasteiger partial charge on any atom is 0.251 e. The Kier molecular flexibility index (Phi) is 4.81. The summed E-state index contributed by atoms with van der Waals surface area (Å²) in [4.78, 5) is 26.4. The van der Waals surface area contributed by atoms with Crippen molar-refractivity contribution in [2.75, 3.05) is 31.9 Å². The van der Waals surface area contributed by atoms with E-state index in [0.29, 0.717) is 23.7 Å². The molecule has 2 heterocycles. The maximum atomic E-state index is 12.3. The molecule has 0 spiro atoms. The fourth-order valence-corrected chi connectivity index (χ4v) is 3.28. The third-order valence-corrected chi connectivity index (χ3v) is 4.66. The van der Waals surface area contributed by atoms with Gasteiger partial charge in [-0.25, -0.2) is 0 Å². The van der Waals surface area contributed by atoms with Crippen molar-refractivity contribution in [3.8, 4) is 0 Å². The van der Waals surface area contributed by atoms with Gasteiger partial charge in [0.25, 0.3) is 5.91 Å². The summed E-state index contributed by atoms with van der Waals surface area (Å²) in [5.74, 6) is 0.415. The number of likely N-dealkylation sites (tertiary alicyclic amines) is 1. The van der Waals surface area contributed by atoms with Crippen molar-refractivity contribution in [1.82, 2.24) is 15.5 Å². The molecular formula is C17H24N4O2. The van der Waals surface area contributed by atoms with Crippen molar-refractivity contribution in [3.63, 3.8) is 0 Å². The Morgan fingerprint density at radius 1 is 1.22 bits per heavy atom. The highest BCUT2D eigenvalue weighted by Gasteiger charge is 2.33. The molecule has 2 amide bonds. The number of amides is 2. The van der Waals surface area contributed by atoms with Gasteiger partial charge in [-0.1, -0.05) is 0 Å².